The Morgan fingerprint density at radius 3 is 2.88 bits per heavy atom. The molecule has 2 heteroatoms. The van der Waals surface area contributed by atoms with E-state index in [0.717, 1.165) is 18.2 Å². The summed E-state index contributed by atoms with van der Waals surface area (Å²) in [7, 11) is 3.76. The smallest absolute Gasteiger partial charge is 0.119 e. The van der Waals surface area contributed by atoms with Crippen LogP contribution < -0.4 is 10.1 Å². The zero-order valence-electron chi connectivity index (χ0n) is 10.2. The van der Waals surface area contributed by atoms with Crippen LogP contribution >= 0.6 is 0 Å². The van der Waals surface area contributed by atoms with Gasteiger partial charge in [0.15, 0.2) is 0 Å². The lowest BCUT2D eigenvalue weighted by Gasteiger charge is -2.17. The lowest BCUT2D eigenvalue weighted by molar-refractivity contribution is 0.413. The van der Waals surface area contributed by atoms with E-state index >= 15 is 0 Å². The van der Waals surface area contributed by atoms with Gasteiger partial charge in [-0.2, -0.15) is 0 Å². The molecule has 2 nitrogen and oxygen atoms in total. The molecule has 1 N–H and O–H groups in total. The first-order valence-electron chi connectivity index (χ1n) is 6.13. The van der Waals surface area contributed by atoms with Gasteiger partial charge < -0.3 is 10.1 Å². The Hall–Kier alpha value is -1.02. The molecular weight excluding hydrogens is 198 g/mol. The summed E-state index contributed by atoms with van der Waals surface area (Å²) in [5.74, 6) is 2.59. The van der Waals surface area contributed by atoms with E-state index in [0.29, 0.717) is 5.92 Å². The van der Waals surface area contributed by atoms with Crippen LogP contribution in [0.5, 0.6) is 5.75 Å². The molecule has 1 aliphatic carbocycles. The molecular formula is C14H21NO. The number of hydrogen-bond acceptors (Lipinski definition) is 2. The molecule has 1 unspecified atom stereocenters. The van der Waals surface area contributed by atoms with Gasteiger partial charge in [0.1, 0.15) is 5.75 Å². The van der Waals surface area contributed by atoms with Gasteiger partial charge in [-0.15, -0.1) is 0 Å². The fraction of sp³-hybridized carbons (Fsp3) is 0.571. The average Bonchev–Trinajstić information content (AvgIpc) is 3.14. The number of hydrogen-bond donors (Lipinski definition) is 1. The molecule has 0 aromatic heterocycles. The van der Waals surface area contributed by atoms with Crippen molar-refractivity contribution >= 4 is 0 Å². The molecule has 0 aliphatic heterocycles. The summed E-state index contributed by atoms with van der Waals surface area (Å²) < 4.78 is 5.29. The van der Waals surface area contributed by atoms with Crippen LogP contribution in [0.1, 0.15) is 30.7 Å². The Morgan fingerprint density at radius 1 is 1.44 bits per heavy atom. The second kappa shape index (κ2) is 5.35. The molecule has 1 aromatic rings. The normalized spacial score (nSPS) is 17.1. The molecule has 2 rings (SSSR count). The highest BCUT2D eigenvalue weighted by atomic mass is 16.5. The zero-order chi connectivity index (χ0) is 11.4. The molecule has 1 fully saturated rings. The summed E-state index contributed by atoms with van der Waals surface area (Å²) in [5, 5.41) is 3.25. The van der Waals surface area contributed by atoms with Crippen LogP contribution in [-0.4, -0.2) is 20.7 Å². The van der Waals surface area contributed by atoms with Crippen LogP contribution in [-0.2, 0) is 0 Å². The Kier molecular flexibility index (Phi) is 3.83. The molecule has 88 valence electrons. The van der Waals surface area contributed by atoms with E-state index in [1.165, 1.54) is 24.8 Å². The second-order valence-corrected chi connectivity index (χ2v) is 4.61. The topological polar surface area (TPSA) is 21.3 Å². The number of rotatable bonds is 6. The first-order chi connectivity index (χ1) is 7.85. The summed E-state index contributed by atoms with van der Waals surface area (Å²) in [6, 6.07) is 8.55. The van der Waals surface area contributed by atoms with E-state index in [1.807, 2.05) is 13.1 Å². The predicted molar refractivity (Wildman–Crippen MR) is 67.0 cm³/mol. The minimum absolute atomic E-state index is 0.711. The van der Waals surface area contributed by atoms with Crippen molar-refractivity contribution in [1.29, 1.82) is 0 Å². The third-order valence-electron chi connectivity index (χ3n) is 3.42. The van der Waals surface area contributed by atoms with Crippen LogP contribution in [0.15, 0.2) is 24.3 Å². The van der Waals surface area contributed by atoms with Gasteiger partial charge in [-0.05, 0) is 62.4 Å². The maximum Gasteiger partial charge on any atom is 0.119 e. The molecule has 1 aromatic carbocycles. The van der Waals surface area contributed by atoms with E-state index in [-0.39, 0.29) is 0 Å². The monoisotopic (exact) mass is 219 g/mol. The fourth-order valence-electron chi connectivity index (χ4n) is 2.35. The fourth-order valence-corrected chi connectivity index (χ4v) is 2.35. The Bertz CT molecular complexity index is 333. The van der Waals surface area contributed by atoms with Gasteiger partial charge >= 0.3 is 0 Å². The van der Waals surface area contributed by atoms with Gasteiger partial charge in [-0.1, -0.05) is 12.1 Å². The summed E-state index contributed by atoms with van der Waals surface area (Å²) in [4.78, 5) is 0. The highest BCUT2D eigenvalue weighted by molar-refractivity contribution is 5.31. The quantitative estimate of drug-likeness (QED) is 0.794. The van der Waals surface area contributed by atoms with Crippen molar-refractivity contribution < 1.29 is 4.74 Å². The summed E-state index contributed by atoms with van der Waals surface area (Å²) in [6.07, 6.45) is 4.02. The summed E-state index contributed by atoms with van der Waals surface area (Å²) in [5.41, 5.74) is 1.44. The van der Waals surface area contributed by atoms with Crippen LogP contribution in [0.3, 0.4) is 0 Å². The lowest BCUT2D eigenvalue weighted by Crippen LogP contribution is -2.13. The van der Waals surface area contributed by atoms with Gasteiger partial charge in [0.2, 0.25) is 0 Å². The van der Waals surface area contributed by atoms with Crippen LogP contribution in [0.2, 0.25) is 0 Å². The maximum absolute atomic E-state index is 5.29. The molecule has 0 saturated heterocycles. The Morgan fingerprint density at radius 2 is 2.25 bits per heavy atom. The van der Waals surface area contributed by atoms with Crippen molar-refractivity contribution in [3.63, 3.8) is 0 Å². The van der Waals surface area contributed by atoms with Crippen LogP contribution in [0, 0.1) is 5.92 Å². The largest absolute Gasteiger partial charge is 0.497 e. The summed E-state index contributed by atoms with van der Waals surface area (Å²) in [6.45, 7) is 1.10. The molecule has 1 saturated carbocycles. The van der Waals surface area contributed by atoms with E-state index < -0.39 is 0 Å². The van der Waals surface area contributed by atoms with E-state index in [9.17, 15) is 0 Å². The maximum atomic E-state index is 5.29. The molecule has 1 aliphatic rings. The van der Waals surface area contributed by atoms with Crippen molar-refractivity contribution in [3.8, 4) is 5.75 Å². The van der Waals surface area contributed by atoms with Gasteiger partial charge in [0.25, 0.3) is 0 Å². The van der Waals surface area contributed by atoms with Crippen molar-refractivity contribution in [2.24, 2.45) is 5.92 Å². The number of ether oxygens (including phenoxy) is 1. The van der Waals surface area contributed by atoms with Gasteiger partial charge in [0, 0.05) is 0 Å². The third kappa shape index (κ3) is 2.76. The molecule has 16 heavy (non-hydrogen) atoms. The molecule has 0 bridgehead atoms. The molecule has 0 amide bonds. The van der Waals surface area contributed by atoms with E-state index in [2.05, 4.69) is 23.5 Å². The molecule has 0 heterocycles. The highest BCUT2D eigenvalue weighted by Gasteiger charge is 2.31. The van der Waals surface area contributed by atoms with Crippen LogP contribution in [0.4, 0.5) is 0 Å². The van der Waals surface area contributed by atoms with E-state index in [4.69, 9.17) is 4.74 Å². The first-order valence-corrected chi connectivity index (χ1v) is 6.13. The second-order valence-electron chi connectivity index (χ2n) is 4.61. The average molecular weight is 219 g/mol. The Labute approximate surface area is 98.0 Å². The third-order valence-corrected chi connectivity index (χ3v) is 3.42. The van der Waals surface area contributed by atoms with Crippen molar-refractivity contribution in [1.82, 2.24) is 5.32 Å². The SMILES string of the molecule is CNCCC(c1cccc(OC)c1)C1CC1. The van der Waals surface area contributed by atoms with Crippen molar-refractivity contribution in [2.75, 3.05) is 20.7 Å². The van der Waals surface area contributed by atoms with Crippen molar-refractivity contribution in [2.45, 2.75) is 25.2 Å². The minimum Gasteiger partial charge on any atom is -0.497 e. The number of nitrogens with one attached hydrogen (secondary N) is 1. The number of methoxy groups -OCH3 is 1. The summed E-state index contributed by atoms with van der Waals surface area (Å²) >= 11 is 0. The molecule has 0 radical (unpaired) electrons. The highest BCUT2D eigenvalue weighted by Crippen LogP contribution is 2.44. The lowest BCUT2D eigenvalue weighted by atomic mass is 9.91. The zero-order valence-corrected chi connectivity index (χ0v) is 10.2. The van der Waals surface area contributed by atoms with Gasteiger partial charge in [0.05, 0.1) is 7.11 Å². The first kappa shape index (κ1) is 11.5. The van der Waals surface area contributed by atoms with Crippen LogP contribution in [0.25, 0.3) is 0 Å². The van der Waals surface area contributed by atoms with Gasteiger partial charge in [-0.3, -0.25) is 0 Å². The van der Waals surface area contributed by atoms with Crippen molar-refractivity contribution in [3.05, 3.63) is 29.8 Å². The van der Waals surface area contributed by atoms with E-state index in [1.54, 1.807) is 7.11 Å². The molecule has 1 atom stereocenters. The molecule has 0 spiro atoms. The standard InChI is InChI=1S/C14H21NO/c1-15-9-8-14(11-6-7-11)12-4-3-5-13(10-12)16-2/h3-5,10-11,14-15H,6-9H2,1-2H3. The number of benzene rings is 1. The minimum atomic E-state index is 0.711. The predicted octanol–water partition coefficient (Wildman–Crippen LogP) is 2.80. The van der Waals surface area contributed by atoms with Gasteiger partial charge in [-0.25, -0.2) is 0 Å². The Balaban J connectivity index is 2.10.